The van der Waals surface area contributed by atoms with Gasteiger partial charge in [0, 0.05) is 22.8 Å². The summed E-state index contributed by atoms with van der Waals surface area (Å²) in [6.07, 6.45) is -1.11. The summed E-state index contributed by atoms with van der Waals surface area (Å²) < 4.78 is -1.28. The molecule has 4 N–H and O–H groups in total. The van der Waals surface area contributed by atoms with E-state index in [1.807, 2.05) is 0 Å². The minimum absolute atomic E-state index is 0.126. The molecular formula is C18H16BrCl3N4O2S. The third kappa shape index (κ3) is 7.64. The van der Waals surface area contributed by atoms with Crippen LogP contribution in [0.3, 0.4) is 0 Å². The number of amides is 2. The van der Waals surface area contributed by atoms with Crippen molar-refractivity contribution in [3.05, 3.63) is 58.6 Å². The highest BCUT2D eigenvalue weighted by Gasteiger charge is 2.35. The molecule has 0 saturated carbocycles. The molecule has 2 amide bonds. The van der Waals surface area contributed by atoms with Crippen LogP contribution < -0.4 is 21.3 Å². The van der Waals surface area contributed by atoms with Crippen molar-refractivity contribution in [2.45, 2.75) is 16.9 Å². The van der Waals surface area contributed by atoms with E-state index < -0.39 is 15.9 Å². The Bertz CT molecular complexity index is 907. The highest BCUT2D eigenvalue weighted by molar-refractivity contribution is 9.10. The van der Waals surface area contributed by atoms with Gasteiger partial charge >= 0.3 is 0 Å². The Labute approximate surface area is 196 Å². The fourth-order valence-corrected chi connectivity index (χ4v) is 3.22. The van der Waals surface area contributed by atoms with E-state index in [4.69, 9.17) is 47.0 Å². The minimum atomic E-state index is -1.88. The van der Waals surface area contributed by atoms with E-state index in [2.05, 4.69) is 37.2 Å². The van der Waals surface area contributed by atoms with Crippen LogP contribution in [0.2, 0.25) is 0 Å². The summed E-state index contributed by atoms with van der Waals surface area (Å²) in [5, 5.41) is 11.1. The number of nitrogens with one attached hydrogen (secondary N) is 4. The van der Waals surface area contributed by atoms with E-state index in [0.717, 1.165) is 0 Å². The van der Waals surface area contributed by atoms with Crippen LogP contribution in [0, 0.1) is 0 Å². The van der Waals surface area contributed by atoms with Gasteiger partial charge in [-0.25, -0.2) is 0 Å². The molecule has 6 nitrogen and oxygen atoms in total. The number of anilines is 2. The molecule has 29 heavy (non-hydrogen) atoms. The summed E-state index contributed by atoms with van der Waals surface area (Å²) in [5.74, 6) is -0.627. The summed E-state index contributed by atoms with van der Waals surface area (Å²) >= 11 is 26.6. The number of carbonyl (C=O) groups is 2. The first-order chi connectivity index (χ1) is 13.6. The lowest BCUT2D eigenvalue weighted by atomic mass is 10.2. The lowest BCUT2D eigenvalue weighted by Crippen LogP contribution is -2.56. The van der Waals surface area contributed by atoms with Crippen LogP contribution in [0.5, 0.6) is 0 Å². The fraction of sp³-hybridized carbons (Fsp3) is 0.167. The van der Waals surface area contributed by atoms with Crippen LogP contribution in [0.4, 0.5) is 11.4 Å². The second kappa shape index (κ2) is 10.4. The molecular weight excluding hydrogens is 523 g/mol. The Hall–Kier alpha value is -1.58. The normalized spacial score (nSPS) is 11.9. The molecule has 0 unspecified atom stereocenters. The predicted molar refractivity (Wildman–Crippen MR) is 126 cm³/mol. The molecule has 0 radical (unpaired) electrons. The fourth-order valence-electron chi connectivity index (χ4n) is 2.19. The first kappa shape index (κ1) is 23.7. The number of carbonyl (C=O) groups excluding carboxylic acids is 2. The lowest BCUT2D eigenvalue weighted by Gasteiger charge is -2.28. The molecule has 0 fully saturated rings. The molecule has 0 heterocycles. The van der Waals surface area contributed by atoms with Gasteiger partial charge in [0.1, 0.15) is 6.17 Å². The van der Waals surface area contributed by atoms with Gasteiger partial charge in [-0.15, -0.1) is 0 Å². The van der Waals surface area contributed by atoms with Gasteiger partial charge in [0.25, 0.3) is 5.91 Å². The molecule has 0 saturated heterocycles. The summed E-state index contributed by atoms with van der Waals surface area (Å²) in [6, 6.07) is 13.7. The third-order valence-electron chi connectivity index (χ3n) is 3.46. The Morgan fingerprint density at radius 1 is 0.966 bits per heavy atom. The quantitative estimate of drug-likeness (QED) is 0.249. The largest absolute Gasteiger partial charge is 0.339 e. The van der Waals surface area contributed by atoms with Crippen molar-refractivity contribution in [2.75, 3.05) is 10.6 Å². The number of hydrogen-bond donors (Lipinski definition) is 4. The second-order valence-electron chi connectivity index (χ2n) is 5.78. The zero-order valence-electron chi connectivity index (χ0n) is 14.9. The topological polar surface area (TPSA) is 82.3 Å². The highest BCUT2D eigenvalue weighted by atomic mass is 79.9. The number of halogens is 4. The molecule has 1 atom stereocenters. The molecule has 0 aromatic heterocycles. The average molecular weight is 539 g/mol. The number of rotatable bonds is 5. The molecule has 2 rings (SSSR count). The molecule has 11 heteroatoms. The van der Waals surface area contributed by atoms with E-state index in [1.54, 1.807) is 48.5 Å². The van der Waals surface area contributed by atoms with E-state index in [0.29, 0.717) is 21.4 Å². The van der Waals surface area contributed by atoms with Gasteiger partial charge in [0.05, 0.1) is 5.56 Å². The van der Waals surface area contributed by atoms with Crippen LogP contribution in [-0.2, 0) is 4.79 Å². The van der Waals surface area contributed by atoms with Gasteiger partial charge in [-0.1, -0.05) is 46.9 Å². The zero-order valence-corrected chi connectivity index (χ0v) is 19.6. The van der Waals surface area contributed by atoms with Crippen LogP contribution in [0.1, 0.15) is 17.3 Å². The summed E-state index contributed by atoms with van der Waals surface area (Å²) in [4.78, 5) is 23.6. The first-order valence-electron chi connectivity index (χ1n) is 8.13. The van der Waals surface area contributed by atoms with Gasteiger partial charge in [-0.3, -0.25) is 9.59 Å². The minimum Gasteiger partial charge on any atom is -0.339 e. The van der Waals surface area contributed by atoms with Crippen LogP contribution in [0.25, 0.3) is 0 Å². The van der Waals surface area contributed by atoms with Gasteiger partial charge < -0.3 is 21.3 Å². The van der Waals surface area contributed by atoms with E-state index in [-0.39, 0.29) is 11.0 Å². The van der Waals surface area contributed by atoms with Crippen molar-refractivity contribution in [3.8, 4) is 0 Å². The zero-order chi connectivity index (χ0) is 21.6. The maximum atomic E-state index is 12.5. The summed E-state index contributed by atoms with van der Waals surface area (Å²) in [7, 11) is 0. The Morgan fingerprint density at radius 3 is 2.03 bits per heavy atom. The van der Waals surface area contributed by atoms with Crippen molar-refractivity contribution in [1.82, 2.24) is 10.6 Å². The van der Waals surface area contributed by atoms with Crippen molar-refractivity contribution >= 4 is 91.3 Å². The van der Waals surface area contributed by atoms with Crippen molar-refractivity contribution in [2.24, 2.45) is 0 Å². The van der Waals surface area contributed by atoms with Crippen molar-refractivity contribution in [3.63, 3.8) is 0 Å². The third-order valence-corrected chi connectivity index (χ3v) is 5.03. The van der Waals surface area contributed by atoms with E-state index >= 15 is 0 Å². The monoisotopic (exact) mass is 536 g/mol. The van der Waals surface area contributed by atoms with Crippen molar-refractivity contribution in [1.29, 1.82) is 0 Å². The predicted octanol–water partition coefficient (Wildman–Crippen LogP) is 4.82. The SMILES string of the molecule is CC(=O)Nc1ccc(NC(=S)N[C@@H](NC(=O)c2ccccc2Br)C(Cl)(Cl)Cl)cc1. The molecule has 0 aliphatic carbocycles. The van der Waals surface area contributed by atoms with Gasteiger partial charge in [0.2, 0.25) is 9.70 Å². The number of thiocarbonyl (C=S) groups is 1. The molecule has 0 spiro atoms. The molecule has 0 bridgehead atoms. The lowest BCUT2D eigenvalue weighted by molar-refractivity contribution is -0.114. The highest BCUT2D eigenvalue weighted by Crippen LogP contribution is 2.29. The second-order valence-corrected chi connectivity index (χ2v) is 9.42. The van der Waals surface area contributed by atoms with E-state index in [1.165, 1.54) is 6.92 Å². The molecule has 154 valence electrons. The number of hydrogen-bond acceptors (Lipinski definition) is 3. The first-order valence-corrected chi connectivity index (χ1v) is 10.5. The van der Waals surface area contributed by atoms with Gasteiger partial charge in [0.15, 0.2) is 5.11 Å². The Kier molecular flexibility index (Phi) is 8.54. The standard InChI is InChI=1S/C18H16BrCl3N4O2S/c1-10(27)23-11-6-8-12(9-7-11)24-17(29)26-16(18(20,21)22)25-15(28)13-4-2-3-5-14(13)19/h2-9,16H,1H3,(H,23,27)(H,25,28)(H2,24,26,29)/t16-/m1/s1. The smallest absolute Gasteiger partial charge is 0.254 e. The molecule has 2 aromatic carbocycles. The number of alkyl halides is 3. The van der Waals surface area contributed by atoms with Crippen LogP contribution >= 0.6 is 63.0 Å². The van der Waals surface area contributed by atoms with Gasteiger partial charge in [-0.2, -0.15) is 0 Å². The molecule has 0 aliphatic heterocycles. The Morgan fingerprint density at radius 2 is 1.52 bits per heavy atom. The van der Waals surface area contributed by atoms with Gasteiger partial charge in [-0.05, 0) is 64.5 Å². The summed E-state index contributed by atoms with van der Waals surface area (Å²) in [5.41, 5.74) is 1.65. The van der Waals surface area contributed by atoms with Crippen LogP contribution in [0.15, 0.2) is 53.0 Å². The average Bonchev–Trinajstić information content (AvgIpc) is 2.62. The molecule has 0 aliphatic rings. The maximum absolute atomic E-state index is 12.5. The van der Waals surface area contributed by atoms with E-state index in [9.17, 15) is 9.59 Å². The molecule has 2 aromatic rings. The summed E-state index contributed by atoms with van der Waals surface area (Å²) in [6.45, 7) is 1.42. The maximum Gasteiger partial charge on any atom is 0.254 e. The Balaban J connectivity index is 2.04. The van der Waals surface area contributed by atoms with Crippen molar-refractivity contribution < 1.29 is 9.59 Å². The van der Waals surface area contributed by atoms with Crippen LogP contribution in [-0.4, -0.2) is 26.9 Å². The number of benzene rings is 2.